The van der Waals surface area contributed by atoms with Gasteiger partial charge in [-0.05, 0) is 30.7 Å². The second kappa shape index (κ2) is 8.74. The van der Waals surface area contributed by atoms with Crippen molar-refractivity contribution < 1.29 is 18.7 Å². The first-order valence-electron chi connectivity index (χ1n) is 7.12. The Labute approximate surface area is 146 Å². The number of hydrogen-bond donors (Lipinski definition) is 1. The maximum atomic E-state index is 12.9. The molecule has 1 N–H and O–H groups in total. The molecule has 0 bridgehead atoms. The lowest BCUT2D eigenvalue weighted by Crippen LogP contribution is -2.25. The minimum Gasteiger partial charge on any atom is -0.468 e. The number of hydrogen-bond acceptors (Lipinski definition) is 7. The molecule has 0 aliphatic heterocycles. The maximum absolute atomic E-state index is 12.9. The highest BCUT2D eigenvalue weighted by Gasteiger charge is 2.20. The SMILES string of the molecule is CCC(SCC(=O)OC)C(=O)Nc1nnc(-c2ccc(F)cc2)s1. The largest absolute Gasteiger partial charge is 0.468 e. The van der Waals surface area contributed by atoms with Crippen LogP contribution in [-0.2, 0) is 14.3 Å². The third-order valence-corrected chi connectivity index (χ3v) is 5.28. The van der Waals surface area contributed by atoms with E-state index in [2.05, 4.69) is 20.3 Å². The Morgan fingerprint density at radius 3 is 2.67 bits per heavy atom. The Morgan fingerprint density at radius 2 is 2.04 bits per heavy atom. The molecule has 0 spiro atoms. The predicted octanol–water partition coefficient (Wildman–Crippen LogP) is 2.97. The minimum absolute atomic E-state index is 0.110. The summed E-state index contributed by atoms with van der Waals surface area (Å²) >= 11 is 2.41. The number of ether oxygens (including phenoxy) is 1. The number of rotatable bonds is 7. The van der Waals surface area contributed by atoms with Gasteiger partial charge in [-0.15, -0.1) is 22.0 Å². The van der Waals surface area contributed by atoms with Crippen molar-refractivity contribution in [1.29, 1.82) is 0 Å². The third kappa shape index (κ3) is 5.00. The third-order valence-electron chi connectivity index (χ3n) is 3.04. The number of aromatic nitrogens is 2. The molecule has 128 valence electrons. The van der Waals surface area contributed by atoms with Crippen molar-refractivity contribution in [1.82, 2.24) is 10.2 Å². The average molecular weight is 369 g/mol. The van der Waals surface area contributed by atoms with E-state index in [1.54, 1.807) is 12.1 Å². The molecule has 9 heteroatoms. The van der Waals surface area contributed by atoms with Crippen molar-refractivity contribution in [2.45, 2.75) is 18.6 Å². The number of methoxy groups -OCH3 is 1. The topological polar surface area (TPSA) is 81.2 Å². The number of carbonyl (C=O) groups excluding carboxylic acids is 2. The van der Waals surface area contributed by atoms with E-state index >= 15 is 0 Å². The maximum Gasteiger partial charge on any atom is 0.315 e. The molecule has 24 heavy (non-hydrogen) atoms. The molecule has 0 saturated carbocycles. The number of anilines is 1. The number of thioether (sulfide) groups is 1. The normalized spacial score (nSPS) is 11.8. The fourth-order valence-electron chi connectivity index (χ4n) is 1.78. The summed E-state index contributed by atoms with van der Waals surface area (Å²) in [5.41, 5.74) is 0.724. The van der Waals surface area contributed by atoms with Crippen LogP contribution in [0.25, 0.3) is 10.6 Å². The molecular weight excluding hydrogens is 353 g/mol. The van der Waals surface area contributed by atoms with Crippen molar-refractivity contribution in [3.05, 3.63) is 30.1 Å². The molecule has 1 aromatic carbocycles. The quantitative estimate of drug-likeness (QED) is 0.756. The number of esters is 1. The van der Waals surface area contributed by atoms with Gasteiger partial charge in [0.25, 0.3) is 0 Å². The van der Waals surface area contributed by atoms with Crippen molar-refractivity contribution in [3.8, 4) is 10.6 Å². The van der Waals surface area contributed by atoms with Crippen LogP contribution in [0.5, 0.6) is 0 Å². The van der Waals surface area contributed by atoms with E-state index < -0.39 is 0 Å². The van der Waals surface area contributed by atoms with E-state index in [0.717, 1.165) is 5.56 Å². The van der Waals surface area contributed by atoms with E-state index in [1.165, 1.54) is 42.3 Å². The Bertz CT molecular complexity index is 706. The van der Waals surface area contributed by atoms with Gasteiger partial charge in [0.05, 0.1) is 18.1 Å². The zero-order chi connectivity index (χ0) is 17.5. The second-order valence-electron chi connectivity index (χ2n) is 4.69. The standard InChI is InChI=1S/C15H16FN3O3S2/c1-3-11(23-8-12(20)22-2)13(21)17-15-19-18-14(24-15)9-4-6-10(16)7-5-9/h4-7,11H,3,8H2,1-2H3,(H,17,19,21). The van der Waals surface area contributed by atoms with Gasteiger partial charge in [0.15, 0.2) is 0 Å². The van der Waals surface area contributed by atoms with Crippen molar-refractivity contribution in [2.24, 2.45) is 0 Å². The Hall–Kier alpha value is -2.00. The highest BCUT2D eigenvalue weighted by atomic mass is 32.2. The fourth-order valence-corrected chi connectivity index (χ4v) is 3.43. The van der Waals surface area contributed by atoms with Crippen LogP contribution in [0.15, 0.2) is 24.3 Å². The highest BCUT2D eigenvalue weighted by molar-refractivity contribution is 8.01. The molecule has 0 aliphatic rings. The fraction of sp³-hybridized carbons (Fsp3) is 0.333. The summed E-state index contributed by atoms with van der Waals surface area (Å²) in [7, 11) is 1.31. The molecule has 0 saturated heterocycles. The van der Waals surface area contributed by atoms with Crippen LogP contribution in [-0.4, -0.2) is 40.2 Å². The van der Waals surface area contributed by atoms with Crippen molar-refractivity contribution in [2.75, 3.05) is 18.2 Å². The van der Waals surface area contributed by atoms with Gasteiger partial charge in [-0.25, -0.2) is 4.39 Å². The van der Waals surface area contributed by atoms with Gasteiger partial charge in [-0.3, -0.25) is 14.9 Å². The molecular formula is C15H16FN3O3S2. The summed E-state index contributed by atoms with van der Waals surface area (Å²) in [5, 5.41) is 11.2. The molecule has 1 aromatic heterocycles. The average Bonchev–Trinajstić information content (AvgIpc) is 3.04. The number of carbonyl (C=O) groups is 2. The summed E-state index contributed by atoms with van der Waals surface area (Å²) in [4.78, 5) is 23.4. The van der Waals surface area contributed by atoms with Gasteiger partial charge < -0.3 is 4.74 Å². The summed E-state index contributed by atoms with van der Waals surface area (Å²) in [5.74, 6) is -0.835. The van der Waals surface area contributed by atoms with Crippen molar-refractivity contribution in [3.63, 3.8) is 0 Å². The van der Waals surface area contributed by atoms with Crippen LogP contribution < -0.4 is 5.32 Å². The Balaban J connectivity index is 1.98. The van der Waals surface area contributed by atoms with E-state index in [0.29, 0.717) is 16.6 Å². The Kier molecular flexibility index (Phi) is 6.68. The number of halogens is 1. The first kappa shape index (κ1) is 18.3. The van der Waals surface area contributed by atoms with Crippen LogP contribution in [0.1, 0.15) is 13.3 Å². The van der Waals surface area contributed by atoms with Gasteiger partial charge in [-0.2, -0.15) is 0 Å². The van der Waals surface area contributed by atoms with Gasteiger partial charge >= 0.3 is 5.97 Å². The van der Waals surface area contributed by atoms with E-state index in [4.69, 9.17) is 0 Å². The molecule has 2 rings (SSSR count). The smallest absolute Gasteiger partial charge is 0.315 e. The molecule has 0 radical (unpaired) electrons. The number of benzene rings is 1. The number of amides is 1. The van der Waals surface area contributed by atoms with E-state index in [-0.39, 0.29) is 28.7 Å². The van der Waals surface area contributed by atoms with Crippen LogP contribution in [0.2, 0.25) is 0 Å². The zero-order valence-corrected chi connectivity index (χ0v) is 14.7. The molecule has 6 nitrogen and oxygen atoms in total. The van der Waals surface area contributed by atoms with Gasteiger partial charge in [0, 0.05) is 5.56 Å². The van der Waals surface area contributed by atoms with Gasteiger partial charge in [0.1, 0.15) is 10.8 Å². The summed E-state index contributed by atoms with van der Waals surface area (Å²) in [6.45, 7) is 1.86. The monoisotopic (exact) mass is 369 g/mol. The van der Waals surface area contributed by atoms with Crippen molar-refractivity contribution >= 4 is 40.1 Å². The lowest BCUT2D eigenvalue weighted by atomic mass is 10.2. The summed E-state index contributed by atoms with van der Waals surface area (Å²) in [6, 6.07) is 5.88. The molecule has 0 fully saturated rings. The minimum atomic E-state index is -0.387. The first-order valence-corrected chi connectivity index (χ1v) is 8.98. The predicted molar refractivity (Wildman–Crippen MR) is 92.5 cm³/mol. The van der Waals surface area contributed by atoms with E-state index in [9.17, 15) is 14.0 Å². The van der Waals surface area contributed by atoms with Crippen LogP contribution >= 0.6 is 23.1 Å². The van der Waals surface area contributed by atoms with Crippen LogP contribution in [0.3, 0.4) is 0 Å². The molecule has 1 unspecified atom stereocenters. The molecule has 1 heterocycles. The highest BCUT2D eigenvalue weighted by Crippen LogP contribution is 2.27. The van der Waals surface area contributed by atoms with Crippen LogP contribution in [0.4, 0.5) is 9.52 Å². The molecule has 0 aliphatic carbocycles. The van der Waals surface area contributed by atoms with Crippen LogP contribution in [0, 0.1) is 5.82 Å². The molecule has 2 aromatic rings. The Morgan fingerprint density at radius 1 is 1.33 bits per heavy atom. The summed E-state index contributed by atoms with van der Waals surface area (Å²) in [6.07, 6.45) is 0.567. The zero-order valence-electron chi connectivity index (χ0n) is 13.1. The molecule has 1 atom stereocenters. The van der Waals surface area contributed by atoms with E-state index in [1.807, 2.05) is 6.92 Å². The lowest BCUT2D eigenvalue weighted by molar-refractivity contribution is -0.137. The number of nitrogens with one attached hydrogen (secondary N) is 1. The first-order chi connectivity index (χ1) is 11.5. The van der Waals surface area contributed by atoms with Gasteiger partial charge in [-0.1, -0.05) is 18.3 Å². The number of nitrogens with zero attached hydrogens (tertiary/aromatic N) is 2. The second-order valence-corrected chi connectivity index (χ2v) is 6.86. The summed E-state index contributed by atoms with van der Waals surface area (Å²) < 4.78 is 17.5. The molecule has 1 amide bonds. The van der Waals surface area contributed by atoms with Gasteiger partial charge in [0.2, 0.25) is 11.0 Å². The lowest BCUT2D eigenvalue weighted by Gasteiger charge is -2.12.